The van der Waals surface area contributed by atoms with E-state index < -0.39 is 10.0 Å². The summed E-state index contributed by atoms with van der Waals surface area (Å²) in [5, 5.41) is 11.6. The molecule has 186 valence electrons. The van der Waals surface area contributed by atoms with Gasteiger partial charge in [-0.1, -0.05) is 48.5 Å². The van der Waals surface area contributed by atoms with Gasteiger partial charge in [-0.2, -0.15) is 0 Å². The number of sulfonamides is 1. The lowest BCUT2D eigenvalue weighted by Gasteiger charge is -2.26. The third-order valence-corrected chi connectivity index (χ3v) is 7.40. The number of rotatable bonds is 8. The van der Waals surface area contributed by atoms with Crippen molar-refractivity contribution in [3.63, 3.8) is 0 Å². The van der Waals surface area contributed by atoms with Gasteiger partial charge >= 0.3 is 0 Å². The maximum atomic E-state index is 12.6. The molecule has 0 spiro atoms. The van der Waals surface area contributed by atoms with Gasteiger partial charge in [-0.25, -0.2) is 13.4 Å². The number of nitrogens with zero attached hydrogens (tertiary/aromatic N) is 2. The zero-order valence-corrected chi connectivity index (χ0v) is 20.5. The van der Waals surface area contributed by atoms with Gasteiger partial charge in [0.15, 0.2) is 5.88 Å². The topological polar surface area (TPSA) is 107 Å². The summed E-state index contributed by atoms with van der Waals surface area (Å²) in [6, 6.07) is 24.2. The third-order valence-electron chi connectivity index (χ3n) is 6.13. The quantitative estimate of drug-likeness (QED) is 0.313. The first-order valence-corrected chi connectivity index (χ1v) is 13.5. The number of aromatic hydroxyl groups is 1. The van der Waals surface area contributed by atoms with Gasteiger partial charge in [0.1, 0.15) is 0 Å². The molecule has 0 atom stereocenters. The largest absolute Gasteiger partial charge is 0.494 e. The van der Waals surface area contributed by atoms with E-state index in [4.69, 9.17) is 9.73 Å². The number of aromatic amines is 1. The molecule has 5 rings (SSSR count). The number of aliphatic imine (C=N–C) groups is 1. The van der Waals surface area contributed by atoms with Crippen molar-refractivity contribution in [1.29, 1.82) is 0 Å². The number of H-pyrrole nitrogens is 1. The lowest BCUT2D eigenvalue weighted by molar-refractivity contribution is 0.0408. The van der Waals surface area contributed by atoms with Crippen LogP contribution in [-0.4, -0.2) is 67.7 Å². The normalized spacial score (nSPS) is 15.3. The Balaban J connectivity index is 1.39. The molecule has 3 N–H and O–H groups in total. The Bertz CT molecular complexity index is 1460. The van der Waals surface area contributed by atoms with Gasteiger partial charge in [-0.3, -0.25) is 9.62 Å². The molecule has 36 heavy (non-hydrogen) atoms. The molecule has 1 fully saturated rings. The molecule has 0 amide bonds. The fraction of sp³-hybridized carbons (Fsp3) is 0.222. The second-order valence-electron chi connectivity index (χ2n) is 8.64. The molecule has 1 aliphatic rings. The van der Waals surface area contributed by atoms with Crippen molar-refractivity contribution < 1.29 is 18.3 Å². The van der Waals surface area contributed by atoms with E-state index in [0.717, 1.165) is 29.6 Å². The second-order valence-corrected chi connectivity index (χ2v) is 10.5. The van der Waals surface area contributed by atoms with E-state index in [9.17, 15) is 13.5 Å². The van der Waals surface area contributed by atoms with E-state index in [2.05, 4.69) is 14.6 Å². The predicted octanol–water partition coefficient (Wildman–Crippen LogP) is 4.12. The maximum absolute atomic E-state index is 12.6. The van der Waals surface area contributed by atoms with Gasteiger partial charge in [0, 0.05) is 41.8 Å². The van der Waals surface area contributed by atoms with Crippen LogP contribution in [0.2, 0.25) is 0 Å². The van der Waals surface area contributed by atoms with Crippen molar-refractivity contribution in [2.75, 3.05) is 43.3 Å². The van der Waals surface area contributed by atoms with Crippen LogP contribution in [0.15, 0.2) is 83.9 Å². The van der Waals surface area contributed by atoms with Gasteiger partial charge in [0.25, 0.3) is 0 Å². The van der Waals surface area contributed by atoms with Crippen LogP contribution in [0.25, 0.3) is 10.9 Å². The van der Waals surface area contributed by atoms with Crippen molar-refractivity contribution in [3.05, 3.63) is 90.0 Å². The zero-order valence-electron chi connectivity index (χ0n) is 19.7. The van der Waals surface area contributed by atoms with Gasteiger partial charge in [0.05, 0.1) is 35.9 Å². The molecule has 0 radical (unpaired) electrons. The van der Waals surface area contributed by atoms with Gasteiger partial charge in [-0.05, 0) is 30.3 Å². The second kappa shape index (κ2) is 10.5. The van der Waals surface area contributed by atoms with Crippen LogP contribution in [0.4, 0.5) is 11.4 Å². The average Bonchev–Trinajstić information content (AvgIpc) is 3.23. The first kappa shape index (κ1) is 24.1. The number of ether oxygens (including phenoxy) is 1. The summed E-state index contributed by atoms with van der Waals surface area (Å²) in [5.41, 5.74) is 4.01. The van der Waals surface area contributed by atoms with E-state index in [1.807, 2.05) is 54.6 Å². The summed E-state index contributed by atoms with van der Waals surface area (Å²) in [5.74, 6) is 0.0636. The predicted molar refractivity (Wildman–Crippen MR) is 143 cm³/mol. The summed E-state index contributed by atoms with van der Waals surface area (Å²) < 4.78 is 33.1. The van der Waals surface area contributed by atoms with Crippen LogP contribution >= 0.6 is 0 Å². The molecular formula is C27H28N4O4S. The highest BCUT2D eigenvalue weighted by atomic mass is 32.2. The van der Waals surface area contributed by atoms with Crippen LogP contribution in [-0.2, 0) is 14.8 Å². The number of anilines is 1. The molecule has 1 saturated heterocycles. The molecule has 0 saturated carbocycles. The molecule has 0 aliphatic carbocycles. The lowest BCUT2D eigenvalue weighted by Crippen LogP contribution is -2.39. The summed E-state index contributed by atoms with van der Waals surface area (Å²) in [6.45, 7) is 3.24. The molecular weight excluding hydrogens is 476 g/mol. The van der Waals surface area contributed by atoms with E-state index in [0.29, 0.717) is 42.4 Å². The smallest absolute Gasteiger partial charge is 0.233 e. The molecule has 2 heterocycles. The Morgan fingerprint density at radius 2 is 1.67 bits per heavy atom. The van der Waals surface area contributed by atoms with Gasteiger partial charge in [0.2, 0.25) is 10.0 Å². The molecule has 9 heteroatoms. The summed E-state index contributed by atoms with van der Waals surface area (Å²) in [6.07, 6.45) is 0. The number of hydrogen-bond donors (Lipinski definition) is 3. The molecule has 0 unspecified atom stereocenters. The molecule has 1 aromatic heterocycles. The number of fused-ring (bicyclic) bond motifs is 1. The van der Waals surface area contributed by atoms with Crippen LogP contribution in [0, 0.1) is 0 Å². The minimum absolute atomic E-state index is 0.0188. The fourth-order valence-electron chi connectivity index (χ4n) is 4.27. The first-order valence-electron chi connectivity index (χ1n) is 11.8. The van der Waals surface area contributed by atoms with Gasteiger partial charge < -0.3 is 14.8 Å². The number of para-hydroxylation sites is 1. The minimum atomic E-state index is -3.48. The SMILES string of the molecule is O=S(=O)(CCN1CCOCC1)Nc1ccc(N=C(c2ccccc2)c2c(O)[nH]c3ccccc23)cc1. The summed E-state index contributed by atoms with van der Waals surface area (Å²) in [4.78, 5) is 9.97. The average molecular weight is 505 g/mol. The Morgan fingerprint density at radius 3 is 2.42 bits per heavy atom. The zero-order chi connectivity index (χ0) is 25.0. The number of morpholine rings is 1. The molecule has 1 aliphatic heterocycles. The van der Waals surface area contributed by atoms with E-state index in [1.54, 1.807) is 24.3 Å². The monoisotopic (exact) mass is 504 g/mol. The van der Waals surface area contributed by atoms with E-state index in [1.165, 1.54) is 0 Å². The maximum Gasteiger partial charge on any atom is 0.233 e. The fourth-order valence-corrected chi connectivity index (χ4v) is 5.36. The van der Waals surface area contributed by atoms with Crippen molar-refractivity contribution in [2.24, 2.45) is 4.99 Å². The molecule has 4 aromatic rings. The Hall–Kier alpha value is -3.66. The number of benzene rings is 3. The Kier molecular flexibility index (Phi) is 7.04. The van der Waals surface area contributed by atoms with Crippen LogP contribution < -0.4 is 4.72 Å². The van der Waals surface area contributed by atoms with Crippen molar-refractivity contribution in [1.82, 2.24) is 9.88 Å². The highest BCUT2D eigenvalue weighted by Crippen LogP contribution is 2.31. The Labute approximate surface area is 210 Å². The number of nitrogens with one attached hydrogen (secondary N) is 2. The molecule has 8 nitrogen and oxygen atoms in total. The van der Waals surface area contributed by atoms with Crippen LogP contribution in [0.1, 0.15) is 11.1 Å². The van der Waals surface area contributed by atoms with Crippen molar-refractivity contribution >= 4 is 38.0 Å². The summed E-state index contributed by atoms with van der Waals surface area (Å²) >= 11 is 0. The standard InChI is InChI=1S/C27H28N4O4S/c32-27-25(23-8-4-5-9-24(23)29-27)26(20-6-2-1-3-7-20)28-21-10-12-22(13-11-21)30-36(33,34)19-16-31-14-17-35-18-15-31/h1-13,29-30,32H,14-19H2. The minimum Gasteiger partial charge on any atom is -0.494 e. The van der Waals surface area contributed by atoms with E-state index >= 15 is 0 Å². The van der Waals surface area contributed by atoms with Crippen LogP contribution in [0.3, 0.4) is 0 Å². The number of aromatic nitrogens is 1. The summed E-state index contributed by atoms with van der Waals surface area (Å²) in [7, 11) is -3.48. The van der Waals surface area contributed by atoms with Crippen molar-refractivity contribution in [3.8, 4) is 5.88 Å². The first-order chi connectivity index (χ1) is 17.5. The lowest BCUT2D eigenvalue weighted by atomic mass is 10.0. The highest BCUT2D eigenvalue weighted by Gasteiger charge is 2.19. The van der Waals surface area contributed by atoms with Crippen molar-refractivity contribution in [2.45, 2.75) is 0 Å². The molecule has 0 bridgehead atoms. The van der Waals surface area contributed by atoms with Gasteiger partial charge in [-0.15, -0.1) is 0 Å². The number of hydrogen-bond acceptors (Lipinski definition) is 6. The third kappa shape index (κ3) is 5.59. The van der Waals surface area contributed by atoms with Crippen LogP contribution in [0.5, 0.6) is 5.88 Å². The Morgan fingerprint density at radius 1 is 0.972 bits per heavy atom. The molecule has 3 aromatic carbocycles. The highest BCUT2D eigenvalue weighted by molar-refractivity contribution is 7.92. The van der Waals surface area contributed by atoms with E-state index in [-0.39, 0.29) is 11.6 Å².